The van der Waals surface area contributed by atoms with Gasteiger partial charge >= 0.3 is 0 Å². The number of likely N-dealkylation sites (N-methyl/N-ethyl adjacent to an activating group) is 7. The summed E-state index contributed by atoms with van der Waals surface area (Å²) in [6.07, 6.45) is 2.23. The molecule has 1 rings (SSSR count). The van der Waals surface area contributed by atoms with Gasteiger partial charge in [0.05, 0.1) is 11.7 Å². The quantitative estimate of drug-likeness (QED) is 0.102. The number of hydrogen-bond donors (Lipinski definition) is 6. The van der Waals surface area contributed by atoms with Gasteiger partial charge in [-0.05, 0) is 102 Å². The largest absolute Gasteiger partial charge is 0.390 e. The molecule has 0 radical (unpaired) electrons. The Balaban J connectivity index is 4.41. The summed E-state index contributed by atoms with van der Waals surface area (Å²) in [7, 11) is 9.50. The number of amides is 11. The second-order valence-corrected chi connectivity index (χ2v) is 26.5. The van der Waals surface area contributed by atoms with Crippen LogP contribution in [0.4, 0.5) is 0 Å². The Labute approximate surface area is 519 Å². The average Bonchev–Trinajstić information content (AvgIpc) is 1.66. The van der Waals surface area contributed by atoms with Crippen molar-refractivity contribution in [2.75, 3.05) is 49.3 Å². The van der Waals surface area contributed by atoms with E-state index >= 15 is 9.59 Å². The molecular weight excluding hydrogens is 1120 g/mol. The number of aliphatic hydroxyl groups is 2. The van der Waals surface area contributed by atoms with Gasteiger partial charge in [0.1, 0.15) is 66.1 Å². The fourth-order valence-corrected chi connectivity index (χ4v) is 10.7. The summed E-state index contributed by atoms with van der Waals surface area (Å²) >= 11 is 0. The molecule has 0 aromatic rings. The predicted octanol–water partition coefficient (Wildman–Crippen LogP) is 2.90. The number of allylic oxidation sites excluding steroid dienone is 2. The highest BCUT2D eigenvalue weighted by Gasteiger charge is 2.46. The lowest BCUT2D eigenvalue weighted by Gasteiger charge is -2.41. The van der Waals surface area contributed by atoms with Gasteiger partial charge in [0.25, 0.3) is 5.91 Å². The van der Waals surface area contributed by atoms with Crippen molar-refractivity contribution in [3.05, 3.63) is 24.4 Å². The Morgan fingerprint density at radius 3 is 1.40 bits per heavy atom. The zero-order valence-corrected chi connectivity index (χ0v) is 56.9. The normalized spacial score (nSPS) is 26.7. The van der Waals surface area contributed by atoms with Gasteiger partial charge < -0.3 is 65.8 Å². The van der Waals surface area contributed by atoms with Gasteiger partial charge in [0.15, 0.2) is 0 Å². The van der Waals surface area contributed by atoms with Crippen LogP contribution in [0.3, 0.4) is 0 Å². The lowest BCUT2D eigenvalue weighted by molar-refractivity contribution is -0.157. The van der Waals surface area contributed by atoms with E-state index in [1.807, 2.05) is 41.5 Å². The number of hydrogen-bond acceptors (Lipinski definition) is 13. The molecule has 0 bridgehead atoms. The fourth-order valence-electron chi connectivity index (χ4n) is 10.7. The van der Waals surface area contributed by atoms with Crippen molar-refractivity contribution in [3.8, 4) is 0 Å². The van der Waals surface area contributed by atoms with Gasteiger partial charge in [-0.3, -0.25) is 52.7 Å². The molecule has 0 spiro atoms. The molecule has 12 atom stereocenters. The number of carbonyl (C=O) groups is 11. The van der Waals surface area contributed by atoms with Crippen molar-refractivity contribution >= 4 is 65.0 Å². The van der Waals surface area contributed by atoms with Crippen LogP contribution in [0, 0.1) is 35.5 Å². The van der Waals surface area contributed by atoms with Crippen LogP contribution in [0.25, 0.3) is 0 Å². The standard InChI is InChI=1S/C63H111N11O13/c1-26-28-29-39(13)51(75)50-55(79)66-43(27-2)58(82)68(19)42(16)57(81)72(23)47(33-63(17,18)87)54(78)67-48(37(9)10)61(85)69(20)44(30-34(3)4)53(77)64-40(14)52(76)65-41(15)56(80)70(21)45(31-35(5)6)59(83)71(22)46(32-36(7)8)60(84)73(24)49(38(11)12)62(86)74(50)25/h26,28,34-41,43-51,75,87H,16,27,29-33H2,1-15,17-25H3,(H,64,77)(H,65,76)(H,66,79)(H,67,78)/b28-26+/t39-,40+,41-,43+,44+,45+,46+,47+,48+,49+,50+,51-/m1/s1. The monoisotopic (exact) mass is 1230 g/mol. The van der Waals surface area contributed by atoms with Gasteiger partial charge in [-0.15, -0.1) is 0 Å². The van der Waals surface area contributed by atoms with Gasteiger partial charge in [-0.25, -0.2) is 0 Å². The van der Waals surface area contributed by atoms with E-state index in [1.54, 1.807) is 60.6 Å². The number of nitrogens with one attached hydrogen (secondary N) is 4. The van der Waals surface area contributed by atoms with E-state index in [-0.39, 0.29) is 56.3 Å². The molecule has 87 heavy (non-hydrogen) atoms. The summed E-state index contributed by atoms with van der Waals surface area (Å²) in [6.45, 7) is 32.5. The molecule has 24 nitrogen and oxygen atoms in total. The lowest BCUT2D eigenvalue weighted by Crippen LogP contribution is -2.63. The Bertz CT molecular complexity index is 2460. The second kappa shape index (κ2) is 34.4. The van der Waals surface area contributed by atoms with Crippen molar-refractivity contribution in [2.24, 2.45) is 35.5 Å². The molecule has 0 aromatic heterocycles. The van der Waals surface area contributed by atoms with Crippen LogP contribution in [-0.2, 0) is 52.7 Å². The van der Waals surface area contributed by atoms with Gasteiger partial charge in [-0.1, -0.05) is 102 Å². The van der Waals surface area contributed by atoms with Crippen LogP contribution in [0.1, 0.15) is 156 Å². The maximum Gasteiger partial charge on any atom is 0.270 e. The molecular formula is C63H111N11O13. The molecule has 0 unspecified atom stereocenters. The summed E-state index contributed by atoms with van der Waals surface area (Å²) < 4.78 is 0. The van der Waals surface area contributed by atoms with Gasteiger partial charge in [0.2, 0.25) is 59.1 Å². The lowest BCUT2D eigenvalue weighted by atomic mass is 9.91. The molecule has 11 amide bonds. The highest BCUT2D eigenvalue weighted by Crippen LogP contribution is 2.26. The summed E-state index contributed by atoms with van der Waals surface area (Å²) in [5.74, 6) is -10.8. The van der Waals surface area contributed by atoms with Crippen molar-refractivity contribution in [2.45, 2.75) is 228 Å². The third-order valence-corrected chi connectivity index (χ3v) is 16.2. The molecule has 0 aliphatic carbocycles. The molecule has 1 aliphatic heterocycles. The molecule has 0 saturated carbocycles. The van der Waals surface area contributed by atoms with Crippen LogP contribution < -0.4 is 21.3 Å². The van der Waals surface area contributed by atoms with Crippen LogP contribution in [0.2, 0.25) is 0 Å². The Morgan fingerprint density at radius 1 is 0.517 bits per heavy atom. The van der Waals surface area contributed by atoms with Crippen LogP contribution >= 0.6 is 0 Å². The van der Waals surface area contributed by atoms with E-state index in [4.69, 9.17) is 0 Å². The topological polar surface area (TPSA) is 299 Å². The minimum atomic E-state index is -1.67. The molecule has 6 N–H and O–H groups in total. The molecule has 1 aliphatic rings. The summed E-state index contributed by atoms with van der Waals surface area (Å²) in [5.41, 5.74) is -2.04. The van der Waals surface area contributed by atoms with Crippen LogP contribution in [0.5, 0.6) is 0 Å². The third kappa shape index (κ3) is 21.7. The van der Waals surface area contributed by atoms with Crippen molar-refractivity contribution in [1.29, 1.82) is 0 Å². The molecule has 496 valence electrons. The number of nitrogens with zero attached hydrogens (tertiary/aromatic N) is 7. The minimum absolute atomic E-state index is 0.0618. The van der Waals surface area contributed by atoms with Crippen molar-refractivity contribution in [3.63, 3.8) is 0 Å². The fraction of sp³-hybridized carbons (Fsp3) is 0.762. The number of rotatable bonds is 15. The highest BCUT2D eigenvalue weighted by molar-refractivity contribution is 6.02. The Kier molecular flexibility index (Phi) is 31.0. The Hall–Kier alpha value is -6.43. The number of carbonyl (C=O) groups excluding carboxylic acids is 11. The van der Waals surface area contributed by atoms with Gasteiger partial charge in [0, 0.05) is 55.8 Å². The van der Waals surface area contributed by atoms with Crippen LogP contribution in [-0.4, -0.2) is 231 Å². The molecule has 1 fully saturated rings. The van der Waals surface area contributed by atoms with E-state index in [2.05, 4.69) is 27.8 Å². The summed E-state index contributed by atoms with van der Waals surface area (Å²) in [6, 6.07) is -13.2. The summed E-state index contributed by atoms with van der Waals surface area (Å²) in [4.78, 5) is 169. The smallest absolute Gasteiger partial charge is 0.270 e. The molecule has 24 heteroatoms. The highest BCUT2D eigenvalue weighted by atomic mass is 16.3. The maximum atomic E-state index is 15.2. The first-order valence-electron chi connectivity index (χ1n) is 30.7. The average molecular weight is 1230 g/mol. The zero-order valence-electron chi connectivity index (χ0n) is 56.9. The van der Waals surface area contributed by atoms with Crippen molar-refractivity contribution in [1.82, 2.24) is 55.6 Å². The first-order chi connectivity index (χ1) is 39.9. The van der Waals surface area contributed by atoms with Crippen molar-refractivity contribution < 1.29 is 63.0 Å². The first kappa shape index (κ1) is 78.6. The first-order valence-corrected chi connectivity index (χ1v) is 30.7. The van der Waals surface area contributed by atoms with E-state index in [1.165, 1.54) is 96.6 Å². The molecule has 1 saturated heterocycles. The third-order valence-electron chi connectivity index (χ3n) is 16.2. The number of aliphatic hydroxyl groups excluding tert-OH is 1. The van der Waals surface area contributed by atoms with Gasteiger partial charge in [-0.2, -0.15) is 0 Å². The van der Waals surface area contributed by atoms with E-state index in [9.17, 15) is 53.4 Å². The molecule has 0 aromatic carbocycles. The van der Waals surface area contributed by atoms with E-state index in [0.717, 1.165) is 14.7 Å². The Morgan fingerprint density at radius 2 is 0.954 bits per heavy atom. The summed E-state index contributed by atoms with van der Waals surface area (Å²) in [5, 5.41) is 34.0. The second-order valence-electron chi connectivity index (χ2n) is 26.5. The molecule has 1 heterocycles. The maximum absolute atomic E-state index is 15.2. The van der Waals surface area contributed by atoms with E-state index < -0.39 is 161 Å². The predicted molar refractivity (Wildman–Crippen MR) is 334 cm³/mol. The zero-order chi connectivity index (χ0) is 67.8. The van der Waals surface area contributed by atoms with Crippen LogP contribution in [0.15, 0.2) is 24.4 Å². The SMILES string of the molecule is C=C1C(=O)N(C)[C@@H](CC(C)(C)O)C(=O)N[C@@H](C(C)C)C(=O)N(C)[C@@H](CC(C)C)C(=O)N[C@@H](C)C(=O)N[C@H](C)C(=O)N(C)[C@@H](CC(C)C)C(=O)N(C)[C@@H](CC(C)C)C(=O)N(C)[C@@H](C(C)C)C(=O)N(C)[C@@H]([C@H](O)[C@H](C)C/C=C/C)C(=O)N[C@@H](CC)C(=O)N1C. The minimum Gasteiger partial charge on any atom is -0.390 e. The van der Waals surface area contributed by atoms with E-state index in [0.29, 0.717) is 0 Å².